The Kier molecular flexibility index (Phi) is 4.53. The molecule has 2 amide bonds. The van der Waals surface area contributed by atoms with Gasteiger partial charge < -0.3 is 10.2 Å². The van der Waals surface area contributed by atoms with E-state index in [1.807, 2.05) is 12.1 Å². The van der Waals surface area contributed by atoms with Crippen LogP contribution in [0.2, 0.25) is 0 Å². The number of nitrogens with one attached hydrogen (secondary N) is 1. The molecule has 25 heavy (non-hydrogen) atoms. The van der Waals surface area contributed by atoms with Crippen LogP contribution in [0.1, 0.15) is 63.4 Å². The summed E-state index contributed by atoms with van der Waals surface area (Å²) < 4.78 is 0. The Labute approximate surface area is 150 Å². The van der Waals surface area contributed by atoms with Gasteiger partial charge in [-0.1, -0.05) is 31.4 Å². The molecule has 0 radical (unpaired) electrons. The van der Waals surface area contributed by atoms with Gasteiger partial charge in [-0.2, -0.15) is 0 Å². The van der Waals surface area contributed by atoms with Gasteiger partial charge in [0.1, 0.15) is 0 Å². The highest BCUT2D eigenvalue weighted by atomic mass is 16.2. The lowest BCUT2D eigenvalue weighted by atomic mass is 9.63. The quantitative estimate of drug-likeness (QED) is 0.905. The molecular formula is C21H28N2O2. The highest BCUT2D eigenvalue weighted by Crippen LogP contribution is 2.45. The molecule has 3 fully saturated rings. The van der Waals surface area contributed by atoms with Crippen molar-refractivity contribution in [2.45, 2.75) is 63.2 Å². The van der Waals surface area contributed by atoms with Crippen LogP contribution in [0.15, 0.2) is 24.3 Å². The van der Waals surface area contributed by atoms with Crippen LogP contribution in [0, 0.1) is 5.92 Å². The van der Waals surface area contributed by atoms with E-state index in [0.29, 0.717) is 5.91 Å². The summed E-state index contributed by atoms with van der Waals surface area (Å²) in [4.78, 5) is 27.3. The van der Waals surface area contributed by atoms with Crippen molar-refractivity contribution in [2.75, 3.05) is 18.4 Å². The largest absolute Gasteiger partial charge is 0.342 e. The van der Waals surface area contributed by atoms with Gasteiger partial charge in [-0.05, 0) is 56.2 Å². The Hall–Kier alpha value is -1.84. The molecule has 4 nitrogen and oxygen atoms in total. The zero-order valence-electron chi connectivity index (χ0n) is 14.9. The number of hydrogen-bond donors (Lipinski definition) is 1. The summed E-state index contributed by atoms with van der Waals surface area (Å²) in [5.41, 5.74) is 1.65. The summed E-state index contributed by atoms with van der Waals surface area (Å²) in [6.45, 7) is 1.83. The van der Waals surface area contributed by atoms with Gasteiger partial charge in [0.2, 0.25) is 11.8 Å². The third-order valence-electron chi connectivity index (χ3n) is 6.16. The first-order valence-corrected chi connectivity index (χ1v) is 9.90. The molecule has 4 heteroatoms. The zero-order valence-corrected chi connectivity index (χ0v) is 14.9. The summed E-state index contributed by atoms with van der Waals surface area (Å²) in [7, 11) is 0. The smallest absolute Gasteiger partial charge is 0.233 e. The van der Waals surface area contributed by atoms with E-state index >= 15 is 0 Å². The van der Waals surface area contributed by atoms with E-state index in [-0.39, 0.29) is 17.2 Å². The van der Waals surface area contributed by atoms with Gasteiger partial charge in [-0.25, -0.2) is 0 Å². The lowest BCUT2D eigenvalue weighted by Gasteiger charge is -2.44. The fraction of sp³-hybridized carbons (Fsp3) is 0.619. The normalized spacial score (nSPS) is 22.6. The first-order chi connectivity index (χ1) is 12.2. The number of benzene rings is 1. The minimum absolute atomic E-state index is 0.131. The third-order valence-corrected chi connectivity index (χ3v) is 6.16. The van der Waals surface area contributed by atoms with E-state index in [4.69, 9.17) is 0 Å². The fourth-order valence-corrected chi connectivity index (χ4v) is 4.20. The molecule has 1 N–H and O–H groups in total. The molecule has 2 aliphatic carbocycles. The molecule has 1 heterocycles. The van der Waals surface area contributed by atoms with Crippen LogP contribution < -0.4 is 5.32 Å². The Balaban J connectivity index is 1.49. The predicted molar refractivity (Wildman–Crippen MR) is 98.4 cm³/mol. The van der Waals surface area contributed by atoms with Gasteiger partial charge in [0.05, 0.1) is 5.41 Å². The Morgan fingerprint density at radius 1 is 0.920 bits per heavy atom. The maximum atomic E-state index is 13.3. The fourth-order valence-electron chi connectivity index (χ4n) is 4.20. The average molecular weight is 340 g/mol. The van der Waals surface area contributed by atoms with Crippen molar-refractivity contribution in [1.29, 1.82) is 0 Å². The topological polar surface area (TPSA) is 49.4 Å². The molecule has 1 aromatic carbocycles. The van der Waals surface area contributed by atoms with Crippen molar-refractivity contribution >= 4 is 17.5 Å². The number of anilines is 1. The molecule has 2 saturated carbocycles. The number of likely N-dealkylation sites (tertiary alicyclic amines) is 1. The number of carbonyl (C=O) groups is 2. The van der Waals surface area contributed by atoms with Gasteiger partial charge in [-0.15, -0.1) is 0 Å². The minimum Gasteiger partial charge on any atom is -0.342 e. The first kappa shape index (κ1) is 16.6. The highest BCUT2D eigenvalue weighted by Gasteiger charge is 2.47. The number of rotatable bonds is 4. The van der Waals surface area contributed by atoms with E-state index in [9.17, 15) is 9.59 Å². The van der Waals surface area contributed by atoms with Crippen molar-refractivity contribution in [3.05, 3.63) is 29.8 Å². The first-order valence-electron chi connectivity index (χ1n) is 9.90. The van der Waals surface area contributed by atoms with Gasteiger partial charge in [0.15, 0.2) is 0 Å². The van der Waals surface area contributed by atoms with E-state index < -0.39 is 0 Å². The lowest BCUT2D eigenvalue weighted by Crippen LogP contribution is -2.51. The molecule has 1 saturated heterocycles. The summed E-state index contributed by atoms with van der Waals surface area (Å²) in [6, 6.07) is 8.03. The zero-order chi connectivity index (χ0) is 17.3. The molecule has 0 atom stereocenters. The molecule has 1 aromatic rings. The van der Waals surface area contributed by atoms with Crippen molar-refractivity contribution in [1.82, 2.24) is 4.90 Å². The molecule has 134 valence electrons. The monoisotopic (exact) mass is 340 g/mol. The minimum atomic E-state index is -0.316. The van der Waals surface area contributed by atoms with Crippen LogP contribution in [0.4, 0.5) is 5.69 Å². The number of nitrogens with zero attached hydrogens (tertiary/aromatic N) is 1. The number of hydrogen-bond acceptors (Lipinski definition) is 2. The number of amides is 2. The summed E-state index contributed by atoms with van der Waals surface area (Å²) in [5.74, 6) is 0.671. The second kappa shape index (κ2) is 6.81. The number of carbonyl (C=O) groups excluding carboxylic acids is 2. The SMILES string of the molecule is O=C(Nc1ccc(C2(C(=O)N3CCCCCC3)CCC2)cc1)C1CC1. The second-order valence-corrected chi connectivity index (χ2v) is 7.98. The van der Waals surface area contributed by atoms with E-state index in [2.05, 4.69) is 22.3 Å². The van der Waals surface area contributed by atoms with Crippen molar-refractivity contribution < 1.29 is 9.59 Å². The van der Waals surface area contributed by atoms with Crippen molar-refractivity contribution in [3.8, 4) is 0 Å². The average Bonchev–Trinajstić information content (AvgIpc) is 3.42. The summed E-state index contributed by atoms with van der Waals surface area (Å²) >= 11 is 0. The van der Waals surface area contributed by atoms with E-state index in [0.717, 1.165) is 69.3 Å². The molecule has 0 bridgehead atoms. The Morgan fingerprint density at radius 3 is 2.08 bits per heavy atom. The van der Waals surface area contributed by atoms with Crippen molar-refractivity contribution in [3.63, 3.8) is 0 Å². The van der Waals surface area contributed by atoms with Gasteiger partial charge in [0.25, 0.3) is 0 Å². The van der Waals surface area contributed by atoms with Crippen LogP contribution in [-0.4, -0.2) is 29.8 Å². The maximum Gasteiger partial charge on any atom is 0.233 e. The predicted octanol–water partition coefficient (Wildman–Crippen LogP) is 3.86. The van der Waals surface area contributed by atoms with Crippen LogP contribution in [0.5, 0.6) is 0 Å². The maximum absolute atomic E-state index is 13.3. The molecule has 0 unspecified atom stereocenters. The third kappa shape index (κ3) is 3.31. The Morgan fingerprint density at radius 2 is 1.56 bits per heavy atom. The molecule has 0 spiro atoms. The summed E-state index contributed by atoms with van der Waals surface area (Å²) in [5, 5.41) is 2.99. The Bertz CT molecular complexity index is 636. The van der Waals surface area contributed by atoms with E-state index in [1.54, 1.807) is 0 Å². The summed E-state index contributed by atoms with van der Waals surface area (Å²) in [6.07, 6.45) is 9.81. The van der Waals surface area contributed by atoms with Gasteiger partial charge >= 0.3 is 0 Å². The molecule has 4 rings (SSSR count). The molecule has 3 aliphatic rings. The van der Waals surface area contributed by atoms with Crippen LogP contribution in [0.25, 0.3) is 0 Å². The van der Waals surface area contributed by atoms with Crippen LogP contribution in [0.3, 0.4) is 0 Å². The van der Waals surface area contributed by atoms with E-state index in [1.165, 1.54) is 12.8 Å². The standard InChI is InChI=1S/C21H28N2O2/c24-19(16-6-7-16)22-18-10-8-17(9-11-18)21(12-5-13-21)20(25)23-14-3-1-2-4-15-23/h8-11,16H,1-7,12-15H2,(H,22,24). The second-order valence-electron chi connectivity index (χ2n) is 7.98. The molecule has 0 aromatic heterocycles. The van der Waals surface area contributed by atoms with Crippen LogP contribution >= 0.6 is 0 Å². The molecular weight excluding hydrogens is 312 g/mol. The van der Waals surface area contributed by atoms with Crippen LogP contribution in [-0.2, 0) is 15.0 Å². The van der Waals surface area contributed by atoms with Gasteiger partial charge in [0, 0.05) is 24.7 Å². The molecule has 1 aliphatic heterocycles. The van der Waals surface area contributed by atoms with Gasteiger partial charge in [-0.3, -0.25) is 9.59 Å². The lowest BCUT2D eigenvalue weighted by molar-refractivity contribution is -0.140. The van der Waals surface area contributed by atoms with Crippen molar-refractivity contribution in [2.24, 2.45) is 5.92 Å². The highest BCUT2D eigenvalue weighted by molar-refractivity contribution is 5.94.